The monoisotopic (exact) mass is 196 g/mol. The summed E-state index contributed by atoms with van der Waals surface area (Å²) in [5.74, 6) is 0. The lowest BCUT2D eigenvalue weighted by molar-refractivity contribution is 0.0233. The van der Waals surface area contributed by atoms with Crippen molar-refractivity contribution in [2.24, 2.45) is 11.1 Å². The molecule has 0 aliphatic heterocycles. The van der Waals surface area contributed by atoms with Gasteiger partial charge in [-0.15, -0.1) is 0 Å². The fourth-order valence-corrected chi connectivity index (χ4v) is 3.25. The van der Waals surface area contributed by atoms with Crippen LogP contribution in [-0.4, -0.2) is 19.1 Å². The van der Waals surface area contributed by atoms with Crippen LogP contribution >= 0.6 is 0 Å². The van der Waals surface area contributed by atoms with Gasteiger partial charge >= 0.3 is 0 Å². The molecule has 2 aliphatic carbocycles. The summed E-state index contributed by atoms with van der Waals surface area (Å²) in [7, 11) is 0. The lowest BCUT2D eigenvalue weighted by Gasteiger charge is -2.52. The van der Waals surface area contributed by atoms with Crippen LogP contribution in [0.2, 0.25) is 0 Å². The van der Waals surface area contributed by atoms with E-state index in [1.807, 2.05) is 0 Å². The number of nitrogens with two attached hydrogens (primary N) is 1. The largest absolute Gasteiger partial charge is 0.330 e. The van der Waals surface area contributed by atoms with Crippen LogP contribution in [0.15, 0.2) is 0 Å². The van der Waals surface area contributed by atoms with Crippen LogP contribution in [0.25, 0.3) is 0 Å². The van der Waals surface area contributed by atoms with E-state index in [1.54, 1.807) is 0 Å². The molecule has 0 aromatic heterocycles. The van der Waals surface area contributed by atoms with E-state index >= 15 is 0 Å². The Morgan fingerprint density at radius 2 is 1.93 bits per heavy atom. The van der Waals surface area contributed by atoms with E-state index in [0.717, 1.165) is 25.6 Å². The molecule has 0 heterocycles. The van der Waals surface area contributed by atoms with Crippen molar-refractivity contribution in [2.75, 3.05) is 13.1 Å². The third kappa shape index (κ3) is 1.96. The minimum Gasteiger partial charge on any atom is -0.330 e. The molecule has 3 N–H and O–H groups in total. The van der Waals surface area contributed by atoms with E-state index < -0.39 is 0 Å². The van der Waals surface area contributed by atoms with Crippen LogP contribution in [-0.2, 0) is 0 Å². The van der Waals surface area contributed by atoms with Crippen LogP contribution in [0.3, 0.4) is 0 Å². The van der Waals surface area contributed by atoms with Gasteiger partial charge in [0.25, 0.3) is 0 Å². The van der Waals surface area contributed by atoms with Crippen molar-refractivity contribution in [1.82, 2.24) is 5.32 Å². The van der Waals surface area contributed by atoms with Gasteiger partial charge in [0.2, 0.25) is 0 Å². The molecule has 2 aliphatic rings. The van der Waals surface area contributed by atoms with Crippen molar-refractivity contribution in [3.8, 4) is 0 Å². The van der Waals surface area contributed by atoms with Crippen LogP contribution in [0, 0.1) is 5.41 Å². The second kappa shape index (κ2) is 4.63. The van der Waals surface area contributed by atoms with E-state index in [1.165, 1.54) is 44.9 Å². The van der Waals surface area contributed by atoms with Gasteiger partial charge in [0.15, 0.2) is 0 Å². The number of nitrogens with one attached hydrogen (secondary N) is 1. The normalized spacial score (nSPS) is 30.2. The minimum atomic E-state index is 0.715. The minimum absolute atomic E-state index is 0.715. The molecular weight excluding hydrogens is 172 g/mol. The predicted octanol–water partition coefficient (Wildman–Crippen LogP) is 2.04. The highest BCUT2D eigenvalue weighted by Crippen LogP contribution is 2.51. The molecule has 0 bridgehead atoms. The molecule has 1 atom stereocenters. The van der Waals surface area contributed by atoms with Crippen molar-refractivity contribution in [3.05, 3.63) is 0 Å². The maximum atomic E-state index is 5.50. The summed E-state index contributed by atoms with van der Waals surface area (Å²) < 4.78 is 0. The predicted molar refractivity (Wildman–Crippen MR) is 60.2 cm³/mol. The first-order valence-corrected chi connectivity index (χ1v) is 6.31. The summed E-state index contributed by atoms with van der Waals surface area (Å²) in [4.78, 5) is 0. The van der Waals surface area contributed by atoms with Crippen molar-refractivity contribution < 1.29 is 0 Å². The van der Waals surface area contributed by atoms with Gasteiger partial charge in [0, 0.05) is 6.04 Å². The highest BCUT2D eigenvalue weighted by atomic mass is 15.0. The molecule has 0 saturated heterocycles. The second-order valence-electron chi connectivity index (χ2n) is 5.11. The average Bonchev–Trinajstić information content (AvgIpc) is 2.24. The topological polar surface area (TPSA) is 38.0 Å². The van der Waals surface area contributed by atoms with Crippen molar-refractivity contribution >= 4 is 0 Å². The molecule has 2 fully saturated rings. The van der Waals surface area contributed by atoms with Crippen LogP contribution < -0.4 is 11.1 Å². The summed E-state index contributed by atoms with van der Waals surface area (Å²) >= 11 is 0. The Morgan fingerprint density at radius 1 is 1.14 bits per heavy atom. The molecule has 2 heteroatoms. The standard InChI is InChI=1S/C12H24N2/c13-9-4-10-14-11-5-8-12(11)6-2-1-3-7-12/h11,14H,1-10,13H2. The third-order valence-corrected chi connectivity index (χ3v) is 4.29. The molecule has 1 spiro atoms. The Hall–Kier alpha value is -0.0800. The van der Waals surface area contributed by atoms with E-state index in [0.29, 0.717) is 5.41 Å². The van der Waals surface area contributed by atoms with Crippen LogP contribution in [0.5, 0.6) is 0 Å². The van der Waals surface area contributed by atoms with Gasteiger partial charge in [-0.3, -0.25) is 0 Å². The average molecular weight is 196 g/mol. The fourth-order valence-electron chi connectivity index (χ4n) is 3.25. The molecule has 0 aromatic carbocycles. The maximum Gasteiger partial charge on any atom is 0.0124 e. The van der Waals surface area contributed by atoms with Gasteiger partial charge in [0.05, 0.1) is 0 Å². The molecule has 0 amide bonds. The summed E-state index contributed by atoms with van der Waals surface area (Å²) in [6, 6.07) is 0.828. The summed E-state index contributed by atoms with van der Waals surface area (Å²) in [5.41, 5.74) is 6.22. The Morgan fingerprint density at radius 3 is 2.50 bits per heavy atom. The van der Waals surface area contributed by atoms with Crippen LogP contribution in [0.4, 0.5) is 0 Å². The summed E-state index contributed by atoms with van der Waals surface area (Å²) in [6.45, 7) is 1.95. The van der Waals surface area contributed by atoms with Gasteiger partial charge < -0.3 is 11.1 Å². The lowest BCUT2D eigenvalue weighted by Crippen LogP contribution is -2.54. The number of rotatable bonds is 4. The summed E-state index contributed by atoms with van der Waals surface area (Å²) in [6.07, 6.45) is 11.4. The molecule has 2 saturated carbocycles. The van der Waals surface area contributed by atoms with E-state index in [-0.39, 0.29) is 0 Å². The second-order valence-corrected chi connectivity index (χ2v) is 5.11. The zero-order valence-electron chi connectivity index (χ0n) is 9.23. The lowest BCUT2D eigenvalue weighted by atomic mass is 9.57. The Balaban J connectivity index is 1.76. The van der Waals surface area contributed by atoms with Gasteiger partial charge in [-0.2, -0.15) is 0 Å². The first-order valence-electron chi connectivity index (χ1n) is 6.31. The molecule has 1 unspecified atom stereocenters. The fraction of sp³-hybridized carbons (Fsp3) is 1.00. The molecular formula is C12H24N2. The maximum absolute atomic E-state index is 5.50. The van der Waals surface area contributed by atoms with Crippen LogP contribution in [0.1, 0.15) is 51.4 Å². The molecule has 2 rings (SSSR count). The van der Waals surface area contributed by atoms with Gasteiger partial charge in [-0.25, -0.2) is 0 Å². The van der Waals surface area contributed by atoms with Crippen molar-refractivity contribution in [3.63, 3.8) is 0 Å². The first kappa shape index (κ1) is 10.4. The zero-order valence-corrected chi connectivity index (χ0v) is 9.23. The third-order valence-electron chi connectivity index (χ3n) is 4.29. The first-order chi connectivity index (χ1) is 6.87. The van der Waals surface area contributed by atoms with Gasteiger partial charge in [-0.05, 0) is 50.6 Å². The molecule has 14 heavy (non-hydrogen) atoms. The quantitative estimate of drug-likeness (QED) is 0.675. The van der Waals surface area contributed by atoms with Gasteiger partial charge in [0.1, 0.15) is 0 Å². The smallest absolute Gasteiger partial charge is 0.0124 e. The molecule has 0 aromatic rings. The molecule has 82 valence electrons. The highest BCUT2D eigenvalue weighted by molar-refractivity contribution is 5.01. The Kier molecular flexibility index (Phi) is 3.45. The number of hydrogen-bond donors (Lipinski definition) is 2. The van der Waals surface area contributed by atoms with E-state index in [4.69, 9.17) is 5.73 Å². The Labute approximate surface area is 87.6 Å². The van der Waals surface area contributed by atoms with E-state index in [2.05, 4.69) is 5.32 Å². The highest BCUT2D eigenvalue weighted by Gasteiger charge is 2.46. The number of hydrogen-bond acceptors (Lipinski definition) is 2. The van der Waals surface area contributed by atoms with Crippen molar-refractivity contribution in [2.45, 2.75) is 57.4 Å². The molecule has 0 radical (unpaired) electrons. The Bertz CT molecular complexity index is 173. The van der Waals surface area contributed by atoms with Crippen molar-refractivity contribution in [1.29, 1.82) is 0 Å². The zero-order chi connectivity index (χ0) is 9.86. The van der Waals surface area contributed by atoms with Gasteiger partial charge in [-0.1, -0.05) is 19.3 Å². The summed E-state index contributed by atoms with van der Waals surface area (Å²) in [5, 5.41) is 3.70. The molecule has 2 nitrogen and oxygen atoms in total. The SMILES string of the molecule is NCCCNC1CCC12CCCCC2. The van der Waals surface area contributed by atoms with E-state index in [9.17, 15) is 0 Å².